The standard InChI is InChI=1S/C23H30N2O2S/c1-16(2)22(28-15-19-11-7-6-8-12-19)23(27)25(5)14-21(26)24-20-13-9-10-17(3)18(20)4/h6-13,16,22H,14-15H2,1-5H3,(H,24,26). The lowest BCUT2D eigenvalue weighted by Crippen LogP contribution is -2.41. The fourth-order valence-electron chi connectivity index (χ4n) is 2.90. The van der Waals surface area contributed by atoms with Crippen LogP contribution in [0.2, 0.25) is 0 Å². The van der Waals surface area contributed by atoms with Gasteiger partial charge in [-0.2, -0.15) is 0 Å². The molecule has 2 amide bonds. The first-order chi connectivity index (χ1) is 13.3. The first kappa shape index (κ1) is 22.0. The smallest absolute Gasteiger partial charge is 0.243 e. The maximum atomic E-state index is 12.9. The summed E-state index contributed by atoms with van der Waals surface area (Å²) in [4.78, 5) is 26.9. The molecular weight excluding hydrogens is 368 g/mol. The summed E-state index contributed by atoms with van der Waals surface area (Å²) < 4.78 is 0. The zero-order chi connectivity index (χ0) is 20.7. The average molecular weight is 399 g/mol. The van der Waals surface area contributed by atoms with E-state index in [1.807, 2.05) is 64.1 Å². The number of likely N-dealkylation sites (N-methyl/N-ethyl adjacent to an activating group) is 1. The molecule has 0 saturated heterocycles. The third-order valence-corrected chi connectivity index (χ3v) is 6.36. The van der Waals surface area contributed by atoms with Crippen LogP contribution in [0.15, 0.2) is 48.5 Å². The van der Waals surface area contributed by atoms with Gasteiger partial charge in [-0.1, -0.05) is 56.3 Å². The Morgan fingerprint density at radius 3 is 2.36 bits per heavy atom. The van der Waals surface area contributed by atoms with Crippen molar-refractivity contribution in [2.24, 2.45) is 5.92 Å². The summed E-state index contributed by atoms with van der Waals surface area (Å²) >= 11 is 1.63. The minimum Gasteiger partial charge on any atom is -0.335 e. The first-order valence-corrected chi connectivity index (χ1v) is 10.6. The highest BCUT2D eigenvalue weighted by Crippen LogP contribution is 2.25. The van der Waals surface area contributed by atoms with E-state index in [0.29, 0.717) is 0 Å². The zero-order valence-corrected chi connectivity index (χ0v) is 18.2. The quantitative estimate of drug-likeness (QED) is 0.704. The van der Waals surface area contributed by atoms with Crippen LogP contribution in [0.25, 0.3) is 0 Å². The van der Waals surface area contributed by atoms with Crippen LogP contribution in [0.4, 0.5) is 5.69 Å². The van der Waals surface area contributed by atoms with Gasteiger partial charge in [-0.05, 0) is 42.5 Å². The SMILES string of the molecule is Cc1cccc(NC(=O)CN(C)C(=O)C(SCc2ccccc2)C(C)C)c1C. The number of anilines is 1. The largest absolute Gasteiger partial charge is 0.335 e. The maximum absolute atomic E-state index is 12.9. The van der Waals surface area contributed by atoms with Crippen molar-refractivity contribution < 1.29 is 9.59 Å². The summed E-state index contributed by atoms with van der Waals surface area (Å²) in [6, 6.07) is 15.9. The van der Waals surface area contributed by atoms with Crippen molar-refractivity contribution in [2.75, 3.05) is 18.9 Å². The maximum Gasteiger partial charge on any atom is 0.243 e. The number of nitrogens with zero attached hydrogens (tertiary/aromatic N) is 1. The van der Waals surface area contributed by atoms with Gasteiger partial charge in [-0.25, -0.2) is 0 Å². The zero-order valence-electron chi connectivity index (χ0n) is 17.4. The highest BCUT2D eigenvalue weighted by Gasteiger charge is 2.27. The fraction of sp³-hybridized carbons (Fsp3) is 0.391. The van der Waals surface area contributed by atoms with Gasteiger partial charge in [-0.3, -0.25) is 9.59 Å². The molecule has 1 N–H and O–H groups in total. The number of nitrogens with one attached hydrogen (secondary N) is 1. The van der Waals surface area contributed by atoms with Crippen molar-refractivity contribution in [3.05, 3.63) is 65.2 Å². The molecule has 0 aliphatic carbocycles. The van der Waals surface area contributed by atoms with Gasteiger partial charge in [0.05, 0.1) is 11.8 Å². The van der Waals surface area contributed by atoms with Crippen molar-refractivity contribution in [3.8, 4) is 0 Å². The lowest BCUT2D eigenvalue weighted by molar-refractivity contribution is -0.133. The molecule has 0 aliphatic heterocycles. The molecule has 5 heteroatoms. The lowest BCUT2D eigenvalue weighted by atomic mass is 10.1. The molecule has 0 radical (unpaired) electrons. The number of carbonyl (C=O) groups is 2. The van der Waals surface area contributed by atoms with Gasteiger partial charge < -0.3 is 10.2 Å². The minimum atomic E-state index is -0.182. The van der Waals surface area contributed by atoms with Crippen LogP contribution in [-0.2, 0) is 15.3 Å². The van der Waals surface area contributed by atoms with Crippen LogP contribution in [0.5, 0.6) is 0 Å². The van der Waals surface area contributed by atoms with Gasteiger partial charge in [0.15, 0.2) is 0 Å². The molecule has 0 aromatic heterocycles. The molecular formula is C23H30N2O2S. The molecule has 150 valence electrons. The second kappa shape index (κ2) is 10.3. The van der Waals surface area contributed by atoms with Crippen LogP contribution in [-0.4, -0.2) is 35.6 Å². The second-order valence-corrected chi connectivity index (χ2v) is 8.58. The van der Waals surface area contributed by atoms with E-state index in [1.54, 1.807) is 18.8 Å². The van der Waals surface area contributed by atoms with Crippen LogP contribution in [0.3, 0.4) is 0 Å². The molecule has 0 spiro atoms. The lowest BCUT2D eigenvalue weighted by Gasteiger charge is -2.26. The minimum absolute atomic E-state index is 0.00737. The molecule has 0 saturated carbocycles. The van der Waals surface area contributed by atoms with Crippen molar-refractivity contribution in [1.82, 2.24) is 4.90 Å². The van der Waals surface area contributed by atoms with Gasteiger partial charge >= 0.3 is 0 Å². The summed E-state index contributed by atoms with van der Waals surface area (Å²) in [6.07, 6.45) is 0. The Bertz CT molecular complexity index is 806. The summed E-state index contributed by atoms with van der Waals surface area (Å²) in [6.45, 7) is 8.13. The number of thioether (sulfide) groups is 1. The van der Waals surface area contributed by atoms with Gasteiger partial charge in [0.1, 0.15) is 0 Å². The van der Waals surface area contributed by atoms with E-state index in [4.69, 9.17) is 0 Å². The van der Waals surface area contributed by atoms with E-state index in [2.05, 4.69) is 17.4 Å². The number of rotatable bonds is 8. The van der Waals surface area contributed by atoms with E-state index >= 15 is 0 Å². The molecule has 2 rings (SSSR count). The van der Waals surface area contributed by atoms with Crippen molar-refractivity contribution in [1.29, 1.82) is 0 Å². The van der Waals surface area contributed by atoms with E-state index in [0.717, 1.165) is 22.6 Å². The molecule has 4 nitrogen and oxygen atoms in total. The monoisotopic (exact) mass is 398 g/mol. The highest BCUT2D eigenvalue weighted by atomic mass is 32.2. The molecule has 0 heterocycles. The Hall–Kier alpha value is -2.27. The predicted molar refractivity (Wildman–Crippen MR) is 119 cm³/mol. The van der Waals surface area contributed by atoms with Crippen LogP contribution < -0.4 is 5.32 Å². The summed E-state index contributed by atoms with van der Waals surface area (Å²) in [5.41, 5.74) is 4.16. The number of amides is 2. The Labute approximate surface area is 172 Å². The van der Waals surface area contributed by atoms with Gasteiger partial charge in [0.25, 0.3) is 0 Å². The summed E-state index contributed by atoms with van der Waals surface area (Å²) in [7, 11) is 1.70. The van der Waals surface area contributed by atoms with Crippen LogP contribution in [0, 0.1) is 19.8 Å². The van der Waals surface area contributed by atoms with Crippen molar-refractivity contribution in [2.45, 2.75) is 38.7 Å². The average Bonchev–Trinajstić information content (AvgIpc) is 2.66. The third kappa shape index (κ3) is 6.13. The third-order valence-electron chi connectivity index (χ3n) is 4.76. The summed E-state index contributed by atoms with van der Waals surface area (Å²) in [5.74, 6) is 0.774. The molecule has 0 fully saturated rings. The predicted octanol–water partition coefficient (Wildman–Crippen LogP) is 4.66. The van der Waals surface area contributed by atoms with E-state index in [-0.39, 0.29) is 29.5 Å². The molecule has 28 heavy (non-hydrogen) atoms. The molecule has 1 atom stereocenters. The van der Waals surface area contributed by atoms with Crippen LogP contribution >= 0.6 is 11.8 Å². The fourth-order valence-corrected chi connectivity index (χ4v) is 4.17. The number of hydrogen-bond acceptors (Lipinski definition) is 3. The molecule has 0 bridgehead atoms. The van der Waals surface area contributed by atoms with E-state index in [9.17, 15) is 9.59 Å². The van der Waals surface area contributed by atoms with Crippen molar-refractivity contribution >= 4 is 29.3 Å². The number of benzene rings is 2. The molecule has 0 aliphatic rings. The Morgan fingerprint density at radius 2 is 1.71 bits per heavy atom. The molecule has 2 aromatic carbocycles. The van der Waals surface area contributed by atoms with Gasteiger partial charge in [0, 0.05) is 18.5 Å². The molecule has 2 aromatic rings. The number of aryl methyl sites for hydroxylation is 1. The summed E-state index contributed by atoms with van der Waals surface area (Å²) in [5, 5.41) is 2.74. The highest BCUT2D eigenvalue weighted by molar-refractivity contribution is 7.99. The van der Waals surface area contributed by atoms with E-state index in [1.165, 1.54) is 10.5 Å². The first-order valence-electron chi connectivity index (χ1n) is 9.56. The second-order valence-electron chi connectivity index (χ2n) is 7.45. The normalized spacial score (nSPS) is 11.9. The number of hydrogen-bond donors (Lipinski definition) is 1. The Kier molecular flexibility index (Phi) is 8.12. The topological polar surface area (TPSA) is 49.4 Å². The van der Waals surface area contributed by atoms with Gasteiger partial charge in [0.2, 0.25) is 11.8 Å². The molecule has 1 unspecified atom stereocenters. The van der Waals surface area contributed by atoms with Crippen LogP contribution in [0.1, 0.15) is 30.5 Å². The Morgan fingerprint density at radius 1 is 1.04 bits per heavy atom. The van der Waals surface area contributed by atoms with E-state index < -0.39 is 0 Å². The van der Waals surface area contributed by atoms with Gasteiger partial charge in [-0.15, -0.1) is 11.8 Å². The van der Waals surface area contributed by atoms with Crippen molar-refractivity contribution in [3.63, 3.8) is 0 Å². The Balaban J connectivity index is 1.96. The number of carbonyl (C=O) groups excluding carboxylic acids is 2.